The van der Waals surface area contributed by atoms with Crippen LogP contribution >= 0.6 is 0 Å². The van der Waals surface area contributed by atoms with Crippen molar-refractivity contribution in [2.75, 3.05) is 25.6 Å². The molecule has 0 unspecified atom stereocenters. The second-order valence-corrected chi connectivity index (χ2v) is 5.82. The Kier molecular flexibility index (Phi) is 4.82. The number of fused-ring (bicyclic) bond motifs is 1. The summed E-state index contributed by atoms with van der Waals surface area (Å²) in [5, 5.41) is 3.79. The molecule has 0 fully saturated rings. The molecule has 0 atom stereocenters. The molecular formula is C17H18F3N5O. The number of rotatable bonds is 5. The fourth-order valence-corrected chi connectivity index (χ4v) is 2.62. The number of pyridine rings is 1. The van der Waals surface area contributed by atoms with Gasteiger partial charge >= 0.3 is 6.18 Å². The van der Waals surface area contributed by atoms with Crippen molar-refractivity contribution in [2.45, 2.75) is 20.0 Å². The van der Waals surface area contributed by atoms with Gasteiger partial charge in [0.1, 0.15) is 11.5 Å². The summed E-state index contributed by atoms with van der Waals surface area (Å²) in [7, 11) is 1.58. The van der Waals surface area contributed by atoms with E-state index in [0.717, 1.165) is 0 Å². The Labute approximate surface area is 147 Å². The molecule has 6 nitrogen and oxygen atoms in total. The Balaban J connectivity index is 2.18. The van der Waals surface area contributed by atoms with Gasteiger partial charge in [0, 0.05) is 36.5 Å². The topological polar surface area (TPSA) is 75.7 Å². The van der Waals surface area contributed by atoms with Crippen molar-refractivity contribution in [1.29, 1.82) is 0 Å². The first-order valence-electron chi connectivity index (χ1n) is 7.95. The highest BCUT2D eigenvalue weighted by Crippen LogP contribution is 2.34. The number of alkyl halides is 3. The first-order chi connectivity index (χ1) is 12.3. The van der Waals surface area contributed by atoms with E-state index in [2.05, 4.69) is 25.3 Å². The van der Waals surface area contributed by atoms with Crippen molar-refractivity contribution in [3.63, 3.8) is 0 Å². The van der Waals surface area contributed by atoms with Crippen molar-refractivity contribution >= 4 is 16.9 Å². The minimum absolute atomic E-state index is 0.242. The maximum Gasteiger partial charge on any atom is 0.451 e. The van der Waals surface area contributed by atoms with Crippen LogP contribution in [0.3, 0.4) is 0 Å². The number of aromatic amines is 1. The molecule has 3 heterocycles. The Hall–Kier alpha value is -2.68. The summed E-state index contributed by atoms with van der Waals surface area (Å²) in [5.74, 6) is -0.624. The average molecular weight is 365 g/mol. The minimum atomic E-state index is -4.61. The predicted octanol–water partition coefficient (Wildman–Crippen LogP) is 3.71. The molecular weight excluding hydrogens is 347 g/mol. The Bertz CT molecular complexity index is 936. The average Bonchev–Trinajstić information content (AvgIpc) is 3.04. The van der Waals surface area contributed by atoms with E-state index < -0.39 is 12.0 Å². The van der Waals surface area contributed by atoms with Crippen LogP contribution < -0.4 is 5.32 Å². The summed E-state index contributed by atoms with van der Waals surface area (Å²) < 4.78 is 44.5. The number of ether oxygens (including phenoxy) is 1. The third kappa shape index (κ3) is 3.48. The van der Waals surface area contributed by atoms with Crippen LogP contribution in [-0.2, 0) is 10.9 Å². The SMILES string of the molecule is COCCNc1cc(-c2nc(C(F)(F)F)nc(C)c2C)c2cc[nH]c2n1. The van der Waals surface area contributed by atoms with Gasteiger partial charge in [0.05, 0.1) is 12.3 Å². The van der Waals surface area contributed by atoms with Crippen LogP contribution in [0.5, 0.6) is 0 Å². The van der Waals surface area contributed by atoms with Crippen LogP contribution in [0.4, 0.5) is 19.0 Å². The number of hydrogen-bond acceptors (Lipinski definition) is 5. The molecule has 3 aromatic rings. The van der Waals surface area contributed by atoms with Gasteiger partial charge in [-0.05, 0) is 31.5 Å². The monoisotopic (exact) mass is 365 g/mol. The lowest BCUT2D eigenvalue weighted by atomic mass is 10.0. The zero-order valence-corrected chi connectivity index (χ0v) is 14.5. The maximum atomic E-state index is 13.2. The predicted molar refractivity (Wildman–Crippen MR) is 92.0 cm³/mol. The summed E-state index contributed by atoms with van der Waals surface area (Å²) in [5.41, 5.74) is 2.24. The summed E-state index contributed by atoms with van der Waals surface area (Å²) >= 11 is 0. The number of anilines is 1. The van der Waals surface area contributed by atoms with E-state index >= 15 is 0 Å². The molecule has 3 aromatic heterocycles. The third-order valence-corrected chi connectivity index (χ3v) is 4.04. The molecule has 0 aliphatic carbocycles. The molecule has 2 N–H and O–H groups in total. The molecule has 0 radical (unpaired) electrons. The number of hydrogen-bond donors (Lipinski definition) is 2. The van der Waals surface area contributed by atoms with Gasteiger partial charge in [0.25, 0.3) is 0 Å². The van der Waals surface area contributed by atoms with E-state index in [0.29, 0.717) is 41.1 Å². The third-order valence-electron chi connectivity index (χ3n) is 4.04. The van der Waals surface area contributed by atoms with E-state index in [1.807, 2.05) is 0 Å². The van der Waals surface area contributed by atoms with E-state index in [1.54, 1.807) is 39.3 Å². The highest BCUT2D eigenvalue weighted by Gasteiger charge is 2.36. The van der Waals surface area contributed by atoms with Crippen molar-refractivity contribution in [2.24, 2.45) is 0 Å². The maximum absolute atomic E-state index is 13.2. The Morgan fingerprint density at radius 2 is 1.96 bits per heavy atom. The number of methoxy groups -OCH3 is 1. The van der Waals surface area contributed by atoms with Gasteiger partial charge in [-0.2, -0.15) is 13.2 Å². The van der Waals surface area contributed by atoms with E-state index in [-0.39, 0.29) is 11.4 Å². The second-order valence-electron chi connectivity index (χ2n) is 5.82. The lowest BCUT2D eigenvalue weighted by Crippen LogP contribution is -2.14. The van der Waals surface area contributed by atoms with Crippen LogP contribution in [0.15, 0.2) is 18.3 Å². The zero-order chi connectivity index (χ0) is 18.9. The van der Waals surface area contributed by atoms with Crippen LogP contribution in [0.1, 0.15) is 17.1 Å². The summed E-state index contributed by atoms with van der Waals surface area (Å²) in [4.78, 5) is 14.8. The quantitative estimate of drug-likeness (QED) is 0.674. The van der Waals surface area contributed by atoms with Gasteiger partial charge in [-0.15, -0.1) is 0 Å². The Morgan fingerprint density at radius 1 is 1.19 bits per heavy atom. The molecule has 0 spiro atoms. The first kappa shape index (κ1) is 18.1. The Morgan fingerprint density at radius 3 is 2.65 bits per heavy atom. The van der Waals surface area contributed by atoms with Gasteiger partial charge in [-0.25, -0.2) is 15.0 Å². The fraction of sp³-hybridized carbons (Fsp3) is 0.353. The fourth-order valence-electron chi connectivity index (χ4n) is 2.62. The van der Waals surface area contributed by atoms with E-state index in [9.17, 15) is 13.2 Å². The van der Waals surface area contributed by atoms with Crippen molar-refractivity contribution < 1.29 is 17.9 Å². The molecule has 0 saturated carbocycles. The van der Waals surface area contributed by atoms with Gasteiger partial charge in [0.2, 0.25) is 5.82 Å². The molecule has 0 aliphatic heterocycles. The number of halogens is 3. The molecule has 9 heteroatoms. The molecule has 26 heavy (non-hydrogen) atoms. The normalized spacial score (nSPS) is 11.9. The van der Waals surface area contributed by atoms with E-state index in [1.165, 1.54) is 0 Å². The van der Waals surface area contributed by atoms with Gasteiger partial charge in [-0.1, -0.05) is 0 Å². The zero-order valence-electron chi connectivity index (χ0n) is 14.5. The molecule has 0 bridgehead atoms. The summed E-state index contributed by atoms with van der Waals surface area (Å²) in [6.45, 7) is 4.25. The van der Waals surface area contributed by atoms with Crippen molar-refractivity contribution in [3.05, 3.63) is 35.4 Å². The van der Waals surface area contributed by atoms with Crippen molar-refractivity contribution in [3.8, 4) is 11.3 Å². The van der Waals surface area contributed by atoms with Gasteiger partial charge in [0.15, 0.2) is 0 Å². The standard InChI is InChI=1S/C17H18F3N5O/c1-9-10(2)23-16(17(18,19)20)25-14(9)12-8-13(21-6-7-26-3)24-15-11(12)4-5-22-15/h4-5,8H,6-7H2,1-3H3,(H2,21,22,24). The molecule has 3 rings (SSSR count). The highest BCUT2D eigenvalue weighted by atomic mass is 19.4. The van der Waals surface area contributed by atoms with E-state index in [4.69, 9.17) is 4.74 Å². The number of nitrogens with one attached hydrogen (secondary N) is 2. The number of aryl methyl sites for hydroxylation is 1. The van der Waals surface area contributed by atoms with Crippen LogP contribution in [0, 0.1) is 13.8 Å². The summed E-state index contributed by atoms with van der Waals surface area (Å²) in [6.07, 6.45) is -2.93. The molecule has 0 aliphatic rings. The number of aromatic nitrogens is 4. The first-order valence-corrected chi connectivity index (χ1v) is 7.95. The van der Waals surface area contributed by atoms with Gasteiger partial charge < -0.3 is 15.0 Å². The highest BCUT2D eigenvalue weighted by molar-refractivity contribution is 5.94. The lowest BCUT2D eigenvalue weighted by Gasteiger charge is -2.14. The van der Waals surface area contributed by atoms with Crippen LogP contribution in [0.25, 0.3) is 22.3 Å². The second kappa shape index (κ2) is 6.91. The smallest absolute Gasteiger partial charge is 0.383 e. The molecule has 0 amide bonds. The largest absolute Gasteiger partial charge is 0.451 e. The molecule has 138 valence electrons. The number of H-pyrrole nitrogens is 1. The van der Waals surface area contributed by atoms with Gasteiger partial charge in [-0.3, -0.25) is 0 Å². The minimum Gasteiger partial charge on any atom is -0.383 e. The van der Waals surface area contributed by atoms with Crippen molar-refractivity contribution in [1.82, 2.24) is 19.9 Å². The van der Waals surface area contributed by atoms with Crippen LogP contribution in [-0.4, -0.2) is 40.2 Å². The molecule has 0 aromatic carbocycles. The van der Waals surface area contributed by atoms with Crippen LogP contribution in [0.2, 0.25) is 0 Å². The lowest BCUT2D eigenvalue weighted by molar-refractivity contribution is -0.145. The number of nitrogens with zero attached hydrogens (tertiary/aromatic N) is 3. The summed E-state index contributed by atoms with van der Waals surface area (Å²) in [6, 6.07) is 3.46. The molecule has 0 saturated heterocycles.